The van der Waals surface area contributed by atoms with Crippen molar-refractivity contribution in [2.75, 3.05) is 4.90 Å². The van der Waals surface area contributed by atoms with Gasteiger partial charge in [0.25, 0.3) is 0 Å². The molecule has 1 saturated carbocycles. The summed E-state index contributed by atoms with van der Waals surface area (Å²) in [6.45, 7) is 2.09. The molecule has 1 aromatic carbocycles. The highest BCUT2D eigenvalue weighted by atomic mass is 16.2. The van der Waals surface area contributed by atoms with Crippen molar-refractivity contribution in [1.82, 2.24) is 0 Å². The minimum atomic E-state index is -0.108. The van der Waals surface area contributed by atoms with E-state index < -0.39 is 0 Å². The van der Waals surface area contributed by atoms with Gasteiger partial charge < -0.3 is 0 Å². The van der Waals surface area contributed by atoms with Crippen LogP contribution in [0.3, 0.4) is 0 Å². The van der Waals surface area contributed by atoms with E-state index >= 15 is 0 Å². The fraction of sp³-hybridized carbons (Fsp3) is 0.412. The molecule has 4 atom stereocenters. The molecule has 1 saturated heterocycles. The molecule has 3 aliphatic rings. The number of aryl methyl sites for hydroxylation is 1. The molecule has 4 rings (SSSR count). The Morgan fingerprint density at radius 1 is 1.00 bits per heavy atom. The molecular weight excluding hydrogens is 250 g/mol. The number of benzene rings is 1. The van der Waals surface area contributed by atoms with Crippen molar-refractivity contribution < 1.29 is 9.59 Å². The van der Waals surface area contributed by atoms with Crippen LogP contribution in [0.2, 0.25) is 0 Å². The van der Waals surface area contributed by atoms with Crippen LogP contribution in [0.1, 0.15) is 18.9 Å². The summed E-state index contributed by atoms with van der Waals surface area (Å²) in [6, 6.07) is 7.78. The number of allylic oxidation sites excluding steroid dienone is 2. The van der Waals surface area contributed by atoms with Gasteiger partial charge in [0.2, 0.25) is 11.8 Å². The molecule has 3 nitrogen and oxygen atoms in total. The van der Waals surface area contributed by atoms with Gasteiger partial charge in [0.1, 0.15) is 0 Å². The normalized spacial score (nSPS) is 34.1. The first-order valence-corrected chi connectivity index (χ1v) is 7.35. The Hall–Kier alpha value is -1.90. The van der Waals surface area contributed by atoms with Crippen molar-refractivity contribution in [3.05, 3.63) is 42.0 Å². The summed E-state index contributed by atoms with van der Waals surface area (Å²) in [4.78, 5) is 26.6. The summed E-state index contributed by atoms with van der Waals surface area (Å²) >= 11 is 0. The molecule has 0 N–H and O–H groups in total. The van der Waals surface area contributed by atoms with Crippen molar-refractivity contribution in [3.63, 3.8) is 0 Å². The van der Waals surface area contributed by atoms with E-state index in [1.807, 2.05) is 24.3 Å². The Morgan fingerprint density at radius 2 is 1.55 bits per heavy atom. The van der Waals surface area contributed by atoms with Gasteiger partial charge in [-0.3, -0.25) is 14.5 Å². The second-order valence-electron chi connectivity index (χ2n) is 6.03. The number of nitrogens with zero attached hydrogens (tertiary/aromatic N) is 1. The number of hydrogen-bond donors (Lipinski definition) is 0. The highest BCUT2D eigenvalue weighted by Gasteiger charge is 2.59. The number of imide groups is 1. The van der Waals surface area contributed by atoms with Gasteiger partial charge in [-0.15, -0.1) is 0 Å². The lowest BCUT2D eigenvalue weighted by Gasteiger charge is -2.17. The van der Waals surface area contributed by atoms with Crippen LogP contribution in [0.4, 0.5) is 5.69 Å². The Balaban J connectivity index is 1.70. The highest BCUT2D eigenvalue weighted by molar-refractivity contribution is 6.22. The van der Waals surface area contributed by atoms with E-state index in [4.69, 9.17) is 0 Å². The number of carbonyl (C=O) groups excluding carboxylic acids is 2. The average Bonchev–Trinajstić information content (AvgIpc) is 3.14. The van der Waals surface area contributed by atoms with Crippen molar-refractivity contribution >= 4 is 17.5 Å². The molecule has 1 aliphatic heterocycles. The Labute approximate surface area is 118 Å². The largest absolute Gasteiger partial charge is 0.274 e. The van der Waals surface area contributed by atoms with E-state index in [2.05, 4.69) is 19.1 Å². The molecule has 0 spiro atoms. The first-order chi connectivity index (χ1) is 9.70. The third-order valence-electron chi connectivity index (χ3n) is 5.07. The third-order valence-corrected chi connectivity index (χ3v) is 5.07. The van der Waals surface area contributed by atoms with Gasteiger partial charge in [0.05, 0.1) is 17.5 Å². The van der Waals surface area contributed by atoms with Crippen LogP contribution in [-0.4, -0.2) is 11.8 Å². The SMILES string of the molecule is CCc1ccc(N2C(=O)[C@@H]3[C@@H](C2=O)[C@@H]2C=C[C@@H]3C2)cc1. The quantitative estimate of drug-likeness (QED) is 0.610. The van der Waals surface area contributed by atoms with E-state index in [0.717, 1.165) is 18.5 Å². The number of anilines is 1. The fourth-order valence-electron chi connectivity index (χ4n) is 4.04. The zero-order chi connectivity index (χ0) is 13.9. The molecule has 2 bridgehead atoms. The summed E-state index contributed by atoms with van der Waals surface area (Å²) < 4.78 is 0. The number of rotatable bonds is 2. The smallest absolute Gasteiger partial charge is 0.238 e. The minimum absolute atomic E-state index is 0.00102. The molecule has 102 valence electrons. The maximum absolute atomic E-state index is 12.6. The van der Waals surface area contributed by atoms with E-state index in [1.54, 1.807) is 0 Å². The predicted octanol–water partition coefficient (Wildman–Crippen LogP) is 2.56. The molecule has 0 aromatic heterocycles. The molecule has 1 heterocycles. The minimum Gasteiger partial charge on any atom is -0.274 e. The van der Waals surface area contributed by atoms with Gasteiger partial charge in [0, 0.05) is 0 Å². The van der Waals surface area contributed by atoms with Crippen molar-refractivity contribution in [1.29, 1.82) is 0 Å². The van der Waals surface area contributed by atoms with Crippen LogP contribution in [0.25, 0.3) is 0 Å². The van der Waals surface area contributed by atoms with Gasteiger partial charge in [-0.1, -0.05) is 31.2 Å². The van der Waals surface area contributed by atoms with Crippen LogP contribution < -0.4 is 4.90 Å². The zero-order valence-corrected chi connectivity index (χ0v) is 11.5. The van der Waals surface area contributed by atoms with Gasteiger partial charge in [-0.2, -0.15) is 0 Å². The van der Waals surface area contributed by atoms with Crippen molar-refractivity contribution in [2.45, 2.75) is 19.8 Å². The van der Waals surface area contributed by atoms with Crippen LogP contribution in [0.15, 0.2) is 36.4 Å². The lowest BCUT2D eigenvalue weighted by molar-refractivity contribution is -0.123. The van der Waals surface area contributed by atoms with E-state index in [1.165, 1.54) is 10.5 Å². The zero-order valence-electron chi connectivity index (χ0n) is 11.5. The second-order valence-corrected chi connectivity index (χ2v) is 6.03. The van der Waals surface area contributed by atoms with E-state index in [0.29, 0.717) is 0 Å². The third kappa shape index (κ3) is 1.41. The van der Waals surface area contributed by atoms with Crippen molar-refractivity contribution in [2.24, 2.45) is 23.7 Å². The predicted molar refractivity (Wildman–Crippen MR) is 76.0 cm³/mol. The molecule has 20 heavy (non-hydrogen) atoms. The van der Waals surface area contributed by atoms with E-state index in [-0.39, 0.29) is 35.5 Å². The lowest BCUT2D eigenvalue weighted by Crippen LogP contribution is -2.32. The number of carbonyl (C=O) groups is 2. The van der Waals surface area contributed by atoms with Gasteiger partial charge >= 0.3 is 0 Å². The second kappa shape index (κ2) is 4.05. The topological polar surface area (TPSA) is 37.4 Å². The molecule has 3 heteroatoms. The Kier molecular flexibility index (Phi) is 2.40. The maximum Gasteiger partial charge on any atom is 0.238 e. The lowest BCUT2D eigenvalue weighted by atomic mass is 9.85. The summed E-state index contributed by atoms with van der Waals surface area (Å²) in [6.07, 6.45) is 6.19. The monoisotopic (exact) mass is 267 g/mol. The van der Waals surface area contributed by atoms with Gasteiger partial charge in [-0.25, -0.2) is 0 Å². The average molecular weight is 267 g/mol. The summed E-state index contributed by atoms with van der Waals surface area (Å²) in [7, 11) is 0. The molecule has 2 amide bonds. The number of fused-ring (bicyclic) bond motifs is 5. The summed E-state index contributed by atoms with van der Waals surface area (Å²) in [5.74, 6) is 0.344. The maximum atomic E-state index is 12.6. The van der Waals surface area contributed by atoms with Crippen LogP contribution >= 0.6 is 0 Å². The number of hydrogen-bond acceptors (Lipinski definition) is 2. The first-order valence-electron chi connectivity index (χ1n) is 7.35. The molecule has 1 aromatic rings. The molecule has 0 unspecified atom stereocenters. The summed E-state index contributed by atoms with van der Waals surface area (Å²) in [5.41, 5.74) is 1.95. The van der Waals surface area contributed by atoms with Gasteiger partial charge in [-0.05, 0) is 42.4 Å². The van der Waals surface area contributed by atoms with E-state index in [9.17, 15) is 9.59 Å². The van der Waals surface area contributed by atoms with Crippen molar-refractivity contribution in [3.8, 4) is 0 Å². The van der Waals surface area contributed by atoms with Gasteiger partial charge in [0.15, 0.2) is 0 Å². The molecule has 2 fully saturated rings. The Bertz CT molecular complexity index is 586. The fourth-order valence-corrected chi connectivity index (χ4v) is 4.04. The standard InChI is InChI=1S/C17H17NO2/c1-2-10-3-7-13(8-4-10)18-16(19)14-11-5-6-12(9-11)15(14)17(18)20/h3-8,11-12,14-15H,2,9H2,1H3/t11-,12-,14+,15+/m1/s1. The number of amides is 2. The molecular formula is C17H17NO2. The first kappa shape index (κ1) is 11.9. The molecule has 2 aliphatic carbocycles. The van der Waals surface area contributed by atoms with Crippen LogP contribution in [-0.2, 0) is 16.0 Å². The summed E-state index contributed by atoms with van der Waals surface area (Å²) in [5, 5.41) is 0. The highest BCUT2D eigenvalue weighted by Crippen LogP contribution is 2.53. The molecule has 0 radical (unpaired) electrons. The van der Waals surface area contributed by atoms with Crippen LogP contribution in [0.5, 0.6) is 0 Å². The Morgan fingerprint density at radius 3 is 2.05 bits per heavy atom. The van der Waals surface area contributed by atoms with Crippen LogP contribution in [0, 0.1) is 23.7 Å².